The number of ether oxygens (including phenoxy) is 2. The first-order valence-electron chi connectivity index (χ1n) is 8.91. The number of aromatic nitrogens is 2. The summed E-state index contributed by atoms with van der Waals surface area (Å²) in [5.74, 6) is 1.25. The molecule has 0 radical (unpaired) electrons. The molecular formula is C21H14F3N3O2S. The van der Waals surface area contributed by atoms with E-state index in [9.17, 15) is 18.4 Å². The van der Waals surface area contributed by atoms with Crippen LogP contribution in [-0.2, 0) is 11.9 Å². The monoisotopic (exact) mass is 429 g/mol. The number of alkyl halides is 3. The van der Waals surface area contributed by atoms with Crippen LogP contribution in [0.15, 0.2) is 53.7 Å². The molecule has 1 aliphatic rings. The van der Waals surface area contributed by atoms with Gasteiger partial charge in [0.15, 0.2) is 11.5 Å². The van der Waals surface area contributed by atoms with E-state index in [-0.39, 0.29) is 16.5 Å². The van der Waals surface area contributed by atoms with Crippen molar-refractivity contribution in [3.05, 3.63) is 65.5 Å². The quantitative estimate of drug-likeness (QED) is 0.538. The van der Waals surface area contributed by atoms with Gasteiger partial charge in [-0.3, -0.25) is 4.98 Å². The van der Waals surface area contributed by atoms with E-state index in [1.807, 2.05) is 0 Å². The molecule has 0 spiro atoms. The molecule has 3 aromatic rings. The summed E-state index contributed by atoms with van der Waals surface area (Å²) in [4.78, 5) is 8.53. The highest BCUT2D eigenvalue weighted by molar-refractivity contribution is 7.98. The van der Waals surface area contributed by atoms with Crippen LogP contribution in [0.4, 0.5) is 13.2 Å². The summed E-state index contributed by atoms with van der Waals surface area (Å²) in [5, 5.41) is 9.43. The minimum atomic E-state index is -4.70. The third-order valence-corrected chi connectivity index (χ3v) is 5.33. The van der Waals surface area contributed by atoms with Crippen LogP contribution < -0.4 is 9.47 Å². The van der Waals surface area contributed by atoms with Gasteiger partial charge in [0.25, 0.3) is 0 Å². The number of benzene rings is 1. The average Bonchev–Trinajstić information content (AvgIpc) is 2.76. The van der Waals surface area contributed by atoms with E-state index >= 15 is 0 Å². The first kappa shape index (κ1) is 20.0. The molecule has 9 heteroatoms. The number of nitrogens with zero attached hydrogens (tertiary/aromatic N) is 3. The predicted molar refractivity (Wildman–Crippen MR) is 104 cm³/mol. The van der Waals surface area contributed by atoms with Crippen LogP contribution in [0, 0.1) is 11.3 Å². The first-order chi connectivity index (χ1) is 14.5. The lowest BCUT2D eigenvalue weighted by molar-refractivity contribution is -0.138. The molecule has 3 heterocycles. The molecule has 0 N–H and O–H groups in total. The molecule has 0 amide bonds. The molecule has 30 heavy (non-hydrogen) atoms. The van der Waals surface area contributed by atoms with Gasteiger partial charge in [-0.05, 0) is 36.4 Å². The minimum absolute atomic E-state index is 0.00265. The van der Waals surface area contributed by atoms with Crippen molar-refractivity contribution in [2.45, 2.75) is 17.0 Å². The molecule has 0 aliphatic carbocycles. The average molecular weight is 429 g/mol. The van der Waals surface area contributed by atoms with Crippen LogP contribution in [0.1, 0.15) is 16.8 Å². The minimum Gasteiger partial charge on any atom is -0.486 e. The van der Waals surface area contributed by atoms with Gasteiger partial charge in [0.05, 0.1) is 22.5 Å². The Balaban J connectivity index is 1.78. The van der Waals surface area contributed by atoms with Crippen LogP contribution in [0.25, 0.3) is 11.3 Å². The maximum atomic E-state index is 13.7. The molecule has 0 bridgehead atoms. The third-order valence-electron chi connectivity index (χ3n) is 4.32. The lowest BCUT2D eigenvalue weighted by Gasteiger charge is -2.19. The summed E-state index contributed by atoms with van der Waals surface area (Å²) in [6, 6.07) is 12.7. The maximum Gasteiger partial charge on any atom is 0.417 e. The molecule has 152 valence electrons. The normalized spacial score (nSPS) is 13.0. The van der Waals surface area contributed by atoms with Crippen LogP contribution in [0.5, 0.6) is 11.5 Å². The predicted octanol–water partition coefficient (Wildman–Crippen LogP) is 5.10. The van der Waals surface area contributed by atoms with E-state index in [2.05, 4.69) is 9.97 Å². The Kier molecular flexibility index (Phi) is 5.50. The zero-order chi connectivity index (χ0) is 21.1. The fourth-order valence-corrected chi connectivity index (χ4v) is 3.85. The number of pyridine rings is 2. The Morgan fingerprint density at radius 3 is 2.57 bits per heavy atom. The van der Waals surface area contributed by atoms with Gasteiger partial charge < -0.3 is 9.47 Å². The molecule has 2 aromatic heterocycles. The highest BCUT2D eigenvalue weighted by Gasteiger charge is 2.36. The Hall–Kier alpha value is -3.25. The second-order valence-electron chi connectivity index (χ2n) is 6.31. The van der Waals surface area contributed by atoms with Gasteiger partial charge in [-0.25, -0.2) is 4.98 Å². The summed E-state index contributed by atoms with van der Waals surface area (Å²) in [6.07, 6.45) is -3.10. The van der Waals surface area contributed by atoms with E-state index < -0.39 is 17.3 Å². The fourth-order valence-electron chi connectivity index (χ4n) is 2.93. The Labute approximate surface area is 174 Å². The van der Waals surface area contributed by atoms with Gasteiger partial charge in [0.2, 0.25) is 0 Å². The van der Waals surface area contributed by atoms with Gasteiger partial charge in [-0.15, -0.1) is 0 Å². The Bertz CT molecular complexity index is 1110. The fraction of sp³-hybridized carbons (Fsp3) is 0.190. The molecule has 0 fully saturated rings. The van der Waals surface area contributed by atoms with Crippen molar-refractivity contribution in [2.24, 2.45) is 0 Å². The number of thioether (sulfide) groups is 1. The lowest BCUT2D eigenvalue weighted by atomic mass is 10.0. The molecule has 4 rings (SSSR count). The second kappa shape index (κ2) is 8.24. The van der Waals surface area contributed by atoms with Gasteiger partial charge in [0.1, 0.15) is 24.3 Å². The number of rotatable bonds is 4. The zero-order valence-electron chi connectivity index (χ0n) is 15.4. The van der Waals surface area contributed by atoms with Gasteiger partial charge >= 0.3 is 6.18 Å². The molecule has 0 atom stereocenters. The summed E-state index contributed by atoms with van der Waals surface area (Å²) in [5.41, 5.74) is -0.305. The van der Waals surface area contributed by atoms with Gasteiger partial charge in [0, 0.05) is 17.5 Å². The van der Waals surface area contributed by atoms with Crippen molar-refractivity contribution in [3.8, 4) is 28.8 Å². The van der Waals surface area contributed by atoms with Crippen LogP contribution in [-0.4, -0.2) is 23.2 Å². The maximum absolute atomic E-state index is 13.7. The van der Waals surface area contributed by atoms with Crippen molar-refractivity contribution in [2.75, 3.05) is 13.2 Å². The highest BCUT2D eigenvalue weighted by atomic mass is 32.2. The van der Waals surface area contributed by atoms with Crippen molar-refractivity contribution in [3.63, 3.8) is 0 Å². The van der Waals surface area contributed by atoms with Crippen molar-refractivity contribution >= 4 is 11.8 Å². The number of hydrogen-bond donors (Lipinski definition) is 0. The topological polar surface area (TPSA) is 68.0 Å². The summed E-state index contributed by atoms with van der Waals surface area (Å²) in [7, 11) is 0. The second-order valence-corrected chi connectivity index (χ2v) is 7.28. The Morgan fingerprint density at radius 1 is 1.07 bits per heavy atom. The molecule has 0 saturated heterocycles. The smallest absolute Gasteiger partial charge is 0.417 e. The number of halogens is 3. The molecule has 0 saturated carbocycles. The van der Waals surface area contributed by atoms with Gasteiger partial charge in [-0.1, -0.05) is 17.8 Å². The lowest BCUT2D eigenvalue weighted by Crippen LogP contribution is -2.15. The van der Waals surface area contributed by atoms with E-state index in [0.29, 0.717) is 36.0 Å². The van der Waals surface area contributed by atoms with Crippen molar-refractivity contribution < 1.29 is 22.6 Å². The van der Waals surface area contributed by atoms with E-state index in [0.717, 1.165) is 17.8 Å². The molecule has 5 nitrogen and oxygen atoms in total. The first-order valence-corrected chi connectivity index (χ1v) is 9.89. The number of hydrogen-bond acceptors (Lipinski definition) is 6. The zero-order valence-corrected chi connectivity index (χ0v) is 16.3. The summed E-state index contributed by atoms with van der Waals surface area (Å²) >= 11 is 1.04. The summed E-state index contributed by atoms with van der Waals surface area (Å²) < 4.78 is 52.1. The Morgan fingerprint density at radius 2 is 1.87 bits per heavy atom. The van der Waals surface area contributed by atoms with E-state index in [1.165, 1.54) is 0 Å². The highest BCUT2D eigenvalue weighted by Crippen LogP contribution is 2.40. The summed E-state index contributed by atoms with van der Waals surface area (Å²) in [6.45, 7) is 0.768. The van der Waals surface area contributed by atoms with Crippen LogP contribution >= 0.6 is 11.8 Å². The van der Waals surface area contributed by atoms with E-state index in [4.69, 9.17) is 9.47 Å². The number of nitriles is 1. The largest absolute Gasteiger partial charge is 0.486 e. The molecular weight excluding hydrogens is 415 g/mol. The SMILES string of the molecule is N#Cc1c(C(F)(F)F)cc(-c2ccc3c(c2)OCCO3)nc1SCc1ccccn1. The van der Waals surface area contributed by atoms with Crippen LogP contribution in [0.3, 0.4) is 0 Å². The van der Waals surface area contributed by atoms with E-state index in [1.54, 1.807) is 48.7 Å². The number of fused-ring (bicyclic) bond motifs is 1. The molecule has 1 aromatic carbocycles. The van der Waals surface area contributed by atoms with Crippen molar-refractivity contribution in [1.29, 1.82) is 5.26 Å². The standard InChI is InChI=1S/C21H14F3N3O2S/c22-21(23,24)16-10-17(13-4-5-18-19(9-13)29-8-7-28-18)27-20(15(16)11-25)30-12-14-3-1-2-6-26-14/h1-6,9-10H,7-8,12H2. The van der Waals surface area contributed by atoms with Gasteiger partial charge in [-0.2, -0.15) is 18.4 Å². The molecule has 1 aliphatic heterocycles. The van der Waals surface area contributed by atoms with Crippen molar-refractivity contribution in [1.82, 2.24) is 9.97 Å². The van der Waals surface area contributed by atoms with Crippen LogP contribution in [0.2, 0.25) is 0 Å². The molecule has 0 unspecified atom stereocenters. The third kappa shape index (κ3) is 4.19.